The highest BCUT2D eigenvalue weighted by molar-refractivity contribution is 5.20. The molecular weight excluding hydrogens is 456 g/mol. The summed E-state index contributed by atoms with van der Waals surface area (Å²) < 4.78 is 54.6. The molecule has 4 aliphatic carbocycles. The Morgan fingerprint density at radius 1 is 0.943 bits per heavy atom. The van der Waals surface area contributed by atoms with Gasteiger partial charge in [-0.3, -0.25) is 0 Å². The third-order valence-corrected chi connectivity index (χ3v) is 11.7. The summed E-state index contributed by atoms with van der Waals surface area (Å²) in [6.45, 7) is 6.67. The van der Waals surface area contributed by atoms with Crippen molar-refractivity contribution in [1.82, 2.24) is 0 Å². The average Bonchev–Trinajstić information content (AvgIpc) is 3.15. The van der Waals surface area contributed by atoms with E-state index in [1.807, 2.05) is 0 Å². The Balaban J connectivity index is 1.35. The van der Waals surface area contributed by atoms with Crippen LogP contribution in [0.5, 0.6) is 0 Å². The summed E-state index contributed by atoms with van der Waals surface area (Å²) in [4.78, 5) is 0. The first-order valence-corrected chi connectivity index (χ1v) is 13.5. The molecule has 1 aromatic rings. The van der Waals surface area contributed by atoms with Gasteiger partial charge in [0, 0.05) is 0 Å². The molecule has 5 rings (SSSR count). The summed E-state index contributed by atoms with van der Waals surface area (Å²) in [5.74, 6) is 1.33. The van der Waals surface area contributed by atoms with Crippen molar-refractivity contribution < 1.29 is 27.8 Å². The maximum Gasteiger partial charge on any atom is 0.417 e. The van der Waals surface area contributed by atoms with Gasteiger partial charge in [0.05, 0.1) is 6.10 Å². The molecule has 4 fully saturated rings. The Kier molecular flexibility index (Phi) is 6.15. The highest BCUT2D eigenvalue weighted by Gasteiger charge is 2.65. The van der Waals surface area contributed by atoms with Crippen molar-refractivity contribution in [2.75, 3.05) is 0 Å². The van der Waals surface area contributed by atoms with Crippen molar-refractivity contribution in [3.8, 4) is 0 Å². The van der Waals surface area contributed by atoms with E-state index in [1.54, 1.807) is 12.1 Å². The van der Waals surface area contributed by atoms with Crippen LogP contribution in [0.4, 0.5) is 17.6 Å². The monoisotopic (exact) mass is 496 g/mol. The quantitative estimate of drug-likeness (QED) is 0.427. The molecule has 0 amide bonds. The van der Waals surface area contributed by atoms with Crippen LogP contribution in [-0.4, -0.2) is 22.0 Å². The second-order valence-corrected chi connectivity index (χ2v) is 13.0. The van der Waals surface area contributed by atoms with Gasteiger partial charge >= 0.3 is 6.18 Å². The topological polar surface area (TPSA) is 40.5 Å². The van der Waals surface area contributed by atoms with Crippen LogP contribution in [-0.2, 0) is 0 Å². The molecule has 10 atom stereocenters. The minimum Gasteiger partial charge on any atom is -0.388 e. The Bertz CT molecular complexity index is 949. The molecule has 0 saturated heterocycles. The van der Waals surface area contributed by atoms with Crippen LogP contribution in [0.2, 0.25) is 0 Å². The Hall–Kier alpha value is -1.14. The number of rotatable bonds is 3. The van der Waals surface area contributed by atoms with Gasteiger partial charge in [-0.2, -0.15) is 13.2 Å². The first kappa shape index (κ1) is 25.5. The van der Waals surface area contributed by atoms with E-state index < -0.39 is 17.9 Å². The summed E-state index contributed by atoms with van der Waals surface area (Å²) >= 11 is 0. The van der Waals surface area contributed by atoms with Crippen LogP contribution in [0.25, 0.3) is 0 Å². The third-order valence-electron chi connectivity index (χ3n) is 11.7. The molecule has 0 spiro atoms. The average molecular weight is 497 g/mol. The van der Waals surface area contributed by atoms with Crippen LogP contribution in [0.15, 0.2) is 24.3 Å². The molecule has 2 N–H and O–H groups in total. The molecule has 35 heavy (non-hydrogen) atoms. The standard InChI is InChI=1S/C29H40F4O2/c1-17(25(34)18-5-4-6-20(30)15-18)22-9-10-23-21-8-7-19-16-28(35,29(31,32)33)14-13-26(19,2)24(21)11-12-27(22,23)3/h4-6,15,17,19,21-25,34-35H,7-14,16H2,1-3H3/t17-,19+,21-,22+,23-,24-,25-,26-,27+,28+/m0/s1. The van der Waals surface area contributed by atoms with Gasteiger partial charge in [0.2, 0.25) is 0 Å². The Labute approximate surface area is 206 Å². The van der Waals surface area contributed by atoms with E-state index in [0.29, 0.717) is 35.7 Å². The maximum absolute atomic E-state index is 13.8. The summed E-state index contributed by atoms with van der Waals surface area (Å²) in [5.41, 5.74) is -1.97. The molecule has 4 saturated carbocycles. The third kappa shape index (κ3) is 3.88. The summed E-state index contributed by atoms with van der Waals surface area (Å²) in [7, 11) is 0. The van der Waals surface area contributed by atoms with Crippen molar-refractivity contribution in [3.05, 3.63) is 35.6 Å². The second kappa shape index (κ2) is 8.44. The minimum atomic E-state index is -4.56. The van der Waals surface area contributed by atoms with Crippen LogP contribution in [0.1, 0.15) is 90.2 Å². The summed E-state index contributed by atoms with van der Waals surface area (Å²) in [6, 6.07) is 6.27. The molecule has 0 aromatic heterocycles. The predicted octanol–water partition coefficient (Wildman–Crippen LogP) is 7.45. The van der Waals surface area contributed by atoms with Crippen molar-refractivity contribution in [3.63, 3.8) is 0 Å². The van der Waals surface area contributed by atoms with Gasteiger partial charge in [-0.15, -0.1) is 0 Å². The fraction of sp³-hybridized carbons (Fsp3) is 0.793. The number of halogens is 4. The van der Waals surface area contributed by atoms with Crippen LogP contribution < -0.4 is 0 Å². The first-order chi connectivity index (χ1) is 16.3. The lowest BCUT2D eigenvalue weighted by Crippen LogP contribution is -2.59. The van der Waals surface area contributed by atoms with Crippen molar-refractivity contribution in [1.29, 1.82) is 0 Å². The molecule has 1 aromatic carbocycles. The zero-order valence-corrected chi connectivity index (χ0v) is 21.1. The number of aliphatic hydroxyl groups excluding tert-OH is 1. The number of fused-ring (bicyclic) bond motifs is 5. The molecule has 6 heteroatoms. The van der Waals surface area contributed by atoms with E-state index in [2.05, 4.69) is 20.8 Å². The molecular formula is C29H40F4O2. The Morgan fingerprint density at radius 2 is 1.66 bits per heavy atom. The fourth-order valence-electron chi connectivity index (χ4n) is 9.62. The minimum absolute atomic E-state index is 0.00625. The largest absolute Gasteiger partial charge is 0.417 e. The molecule has 0 bridgehead atoms. The van der Waals surface area contributed by atoms with Crippen LogP contribution in [0, 0.1) is 52.2 Å². The molecule has 0 radical (unpaired) electrons. The van der Waals surface area contributed by atoms with Gasteiger partial charge in [0.25, 0.3) is 0 Å². The van der Waals surface area contributed by atoms with Gasteiger partial charge in [0.15, 0.2) is 5.60 Å². The van der Waals surface area contributed by atoms with E-state index in [-0.39, 0.29) is 41.3 Å². The normalized spacial score (nSPS) is 45.2. The lowest BCUT2D eigenvalue weighted by Gasteiger charge is -2.62. The van der Waals surface area contributed by atoms with Crippen molar-refractivity contribution >= 4 is 0 Å². The lowest BCUT2D eigenvalue weighted by atomic mass is 9.43. The van der Waals surface area contributed by atoms with E-state index in [0.717, 1.165) is 38.5 Å². The van der Waals surface area contributed by atoms with Gasteiger partial charge in [-0.25, -0.2) is 4.39 Å². The van der Waals surface area contributed by atoms with E-state index in [9.17, 15) is 27.8 Å². The van der Waals surface area contributed by atoms with Gasteiger partial charge in [-0.1, -0.05) is 32.9 Å². The SMILES string of the molecule is C[C@H]([C@H](O)c1cccc(F)c1)[C@H]1CC[C@H]2[C@@H]3CC[C@@H]4C[C@@](O)(C(F)(F)F)CC[C@]4(C)[C@H]3CC[C@]12C. The number of alkyl halides is 3. The zero-order valence-electron chi connectivity index (χ0n) is 21.1. The number of hydrogen-bond acceptors (Lipinski definition) is 2. The van der Waals surface area contributed by atoms with Gasteiger partial charge < -0.3 is 10.2 Å². The number of aliphatic hydroxyl groups is 2. The number of benzene rings is 1. The first-order valence-electron chi connectivity index (χ1n) is 13.5. The maximum atomic E-state index is 13.8. The molecule has 196 valence electrons. The molecule has 2 nitrogen and oxygen atoms in total. The van der Waals surface area contributed by atoms with E-state index >= 15 is 0 Å². The molecule has 4 aliphatic rings. The predicted molar refractivity (Wildman–Crippen MR) is 127 cm³/mol. The van der Waals surface area contributed by atoms with Gasteiger partial charge in [-0.05, 0) is 122 Å². The van der Waals surface area contributed by atoms with Crippen LogP contribution >= 0.6 is 0 Å². The Morgan fingerprint density at radius 3 is 2.34 bits per heavy atom. The lowest BCUT2D eigenvalue weighted by molar-refractivity contribution is -0.290. The fourth-order valence-corrected chi connectivity index (χ4v) is 9.62. The second-order valence-electron chi connectivity index (χ2n) is 13.0. The van der Waals surface area contributed by atoms with Crippen molar-refractivity contribution in [2.24, 2.45) is 46.3 Å². The zero-order chi connectivity index (χ0) is 25.4. The van der Waals surface area contributed by atoms with E-state index in [4.69, 9.17) is 0 Å². The molecule has 0 unspecified atom stereocenters. The summed E-state index contributed by atoms with van der Waals surface area (Å²) in [5, 5.41) is 21.6. The van der Waals surface area contributed by atoms with E-state index in [1.165, 1.54) is 12.1 Å². The molecule has 0 aliphatic heterocycles. The number of hydrogen-bond donors (Lipinski definition) is 2. The van der Waals surface area contributed by atoms with Gasteiger partial charge in [0.1, 0.15) is 5.82 Å². The summed E-state index contributed by atoms with van der Waals surface area (Å²) in [6.07, 6.45) is 0.679. The highest BCUT2D eigenvalue weighted by atomic mass is 19.4. The van der Waals surface area contributed by atoms with Crippen molar-refractivity contribution in [2.45, 2.75) is 96.4 Å². The smallest absolute Gasteiger partial charge is 0.388 e. The highest BCUT2D eigenvalue weighted by Crippen LogP contribution is 2.69. The molecule has 0 heterocycles. The van der Waals surface area contributed by atoms with Crippen LogP contribution in [0.3, 0.4) is 0 Å².